The summed E-state index contributed by atoms with van der Waals surface area (Å²) in [5, 5.41) is 2.16. The standard InChI is InChI=1S/C9H10ClNS.Cl2HOP/c1-6(10)9-7-3-5-12-8(7)2-4-11-9;1-4(2)3/h3,5-6H,2,4H2,1H3;3H. The predicted molar refractivity (Wildman–Crippen MR) is 75.6 cm³/mol. The van der Waals surface area contributed by atoms with Gasteiger partial charge >= 0.3 is 0 Å². The van der Waals surface area contributed by atoms with Crippen LogP contribution in [0, 0.1) is 0 Å². The van der Waals surface area contributed by atoms with Crippen molar-refractivity contribution in [3.05, 3.63) is 21.9 Å². The van der Waals surface area contributed by atoms with E-state index in [9.17, 15) is 0 Å². The van der Waals surface area contributed by atoms with E-state index in [-0.39, 0.29) is 5.38 Å². The molecule has 2 rings (SSSR count). The van der Waals surface area contributed by atoms with Crippen molar-refractivity contribution in [2.24, 2.45) is 4.99 Å². The van der Waals surface area contributed by atoms with Crippen molar-refractivity contribution in [1.82, 2.24) is 0 Å². The van der Waals surface area contributed by atoms with Gasteiger partial charge < -0.3 is 4.89 Å². The second-order valence-electron chi connectivity index (χ2n) is 3.11. The van der Waals surface area contributed by atoms with Crippen LogP contribution in [0.3, 0.4) is 0 Å². The number of aliphatic imine (C=N–C) groups is 1. The molecule has 2 heterocycles. The van der Waals surface area contributed by atoms with E-state index in [0.29, 0.717) is 0 Å². The van der Waals surface area contributed by atoms with Crippen LogP contribution in [0.2, 0.25) is 0 Å². The van der Waals surface area contributed by atoms with Gasteiger partial charge in [-0.05, 0) is 40.9 Å². The minimum Gasteiger partial charge on any atom is -0.347 e. The lowest BCUT2D eigenvalue weighted by molar-refractivity contribution is 0.654. The minimum atomic E-state index is -1.68. The maximum Gasteiger partial charge on any atom is 0.222 e. The third kappa shape index (κ3) is 4.48. The lowest BCUT2D eigenvalue weighted by Gasteiger charge is -2.14. The van der Waals surface area contributed by atoms with Gasteiger partial charge in [-0.25, -0.2) is 0 Å². The summed E-state index contributed by atoms with van der Waals surface area (Å²) in [5.41, 5.74) is 2.34. The summed E-state index contributed by atoms with van der Waals surface area (Å²) in [6, 6.07) is 2.12. The highest BCUT2D eigenvalue weighted by Crippen LogP contribution is 2.40. The summed E-state index contributed by atoms with van der Waals surface area (Å²) in [5.74, 6) is 0. The molecule has 0 saturated carbocycles. The fourth-order valence-electron chi connectivity index (χ4n) is 1.47. The van der Waals surface area contributed by atoms with Crippen LogP contribution >= 0.6 is 52.3 Å². The monoisotopic (exact) mass is 317 g/mol. The Bertz CT molecular complexity index is 365. The van der Waals surface area contributed by atoms with E-state index < -0.39 is 6.85 Å². The SMILES string of the molecule is CC(Cl)C1=NCCc2sccc21.OP(Cl)Cl. The summed E-state index contributed by atoms with van der Waals surface area (Å²) in [7, 11) is 0. The topological polar surface area (TPSA) is 32.6 Å². The fraction of sp³-hybridized carbons (Fsp3) is 0.444. The number of fused-ring (bicyclic) bond motifs is 1. The Hall–Kier alpha value is 0.630. The maximum atomic E-state index is 7.65. The highest BCUT2D eigenvalue weighted by Gasteiger charge is 2.18. The second-order valence-corrected chi connectivity index (χ2v) is 7.63. The number of hydrogen-bond acceptors (Lipinski definition) is 3. The molecular formula is C9H11Cl3NOPS. The summed E-state index contributed by atoms with van der Waals surface area (Å²) in [6.45, 7) is 1.21. The second kappa shape index (κ2) is 7.15. The van der Waals surface area contributed by atoms with Gasteiger partial charge in [-0.1, -0.05) is 0 Å². The van der Waals surface area contributed by atoms with Gasteiger partial charge in [-0.2, -0.15) is 0 Å². The van der Waals surface area contributed by atoms with E-state index in [2.05, 4.69) is 38.9 Å². The highest BCUT2D eigenvalue weighted by atomic mass is 35.9. The van der Waals surface area contributed by atoms with E-state index in [4.69, 9.17) is 16.5 Å². The molecule has 1 aromatic rings. The van der Waals surface area contributed by atoms with Crippen molar-refractivity contribution in [3.8, 4) is 0 Å². The Balaban J connectivity index is 0.000000280. The first kappa shape index (κ1) is 14.7. The number of hydrogen-bond donors (Lipinski definition) is 1. The zero-order valence-electron chi connectivity index (χ0n) is 8.53. The Labute approximate surface area is 115 Å². The molecule has 2 nitrogen and oxygen atoms in total. The average Bonchev–Trinajstić information content (AvgIpc) is 2.63. The maximum absolute atomic E-state index is 7.65. The van der Waals surface area contributed by atoms with E-state index in [0.717, 1.165) is 18.7 Å². The molecule has 16 heavy (non-hydrogen) atoms. The minimum absolute atomic E-state index is 0.0404. The molecule has 1 aliphatic heterocycles. The molecule has 0 radical (unpaired) electrons. The Morgan fingerprint density at radius 3 is 2.75 bits per heavy atom. The van der Waals surface area contributed by atoms with Gasteiger partial charge in [-0.15, -0.1) is 22.9 Å². The van der Waals surface area contributed by atoms with Crippen molar-refractivity contribution in [3.63, 3.8) is 0 Å². The van der Waals surface area contributed by atoms with Crippen LogP contribution in [-0.2, 0) is 6.42 Å². The first-order valence-corrected chi connectivity index (χ1v) is 9.00. The van der Waals surface area contributed by atoms with Gasteiger partial charge in [0.05, 0.1) is 11.1 Å². The molecule has 7 heteroatoms. The lowest BCUT2D eigenvalue weighted by Crippen LogP contribution is -2.17. The van der Waals surface area contributed by atoms with Crippen LogP contribution in [-0.4, -0.2) is 22.5 Å². The Morgan fingerprint density at radius 1 is 1.56 bits per heavy atom. The molecule has 1 N–H and O–H groups in total. The van der Waals surface area contributed by atoms with Gasteiger partial charge in [-0.3, -0.25) is 4.99 Å². The predicted octanol–water partition coefficient (Wildman–Crippen LogP) is 4.40. The molecule has 0 aliphatic carbocycles. The molecule has 0 saturated heterocycles. The van der Waals surface area contributed by atoms with Crippen LogP contribution < -0.4 is 0 Å². The van der Waals surface area contributed by atoms with Crippen LogP contribution in [0.5, 0.6) is 0 Å². The third-order valence-corrected chi connectivity index (χ3v) is 3.21. The Morgan fingerprint density at radius 2 is 2.19 bits per heavy atom. The van der Waals surface area contributed by atoms with Gasteiger partial charge in [0.15, 0.2) is 0 Å². The molecule has 1 unspecified atom stereocenters. The first-order valence-electron chi connectivity index (χ1n) is 4.58. The van der Waals surface area contributed by atoms with Crippen LogP contribution in [0.25, 0.3) is 0 Å². The summed E-state index contributed by atoms with van der Waals surface area (Å²) in [6.07, 6.45) is 1.08. The number of halogens is 3. The van der Waals surface area contributed by atoms with E-state index in [1.54, 1.807) is 0 Å². The molecule has 0 fully saturated rings. The largest absolute Gasteiger partial charge is 0.347 e. The molecule has 0 spiro atoms. The molecule has 0 amide bonds. The van der Waals surface area contributed by atoms with Crippen molar-refractivity contribution in [1.29, 1.82) is 0 Å². The average molecular weight is 319 g/mol. The third-order valence-electron chi connectivity index (χ3n) is 2.02. The lowest BCUT2D eigenvalue weighted by atomic mass is 10.0. The summed E-state index contributed by atoms with van der Waals surface area (Å²) < 4.78 is 0. The van der Waals surface area contributed by atoms with E-state index in [1.165, 1.54) is 10.4 Å². The zero-order chi connectivity index (χ0) is 12.1. The summed E-state index contributed by atoms with van der Waals surface area (Å²) >= 11 is 17.1. The zero-order valence-corrected chi connectivity index (χ0v) is 12.5. The van der Waals surface area contributed by atoms with E-state index >= 15 is 0 Å². The van der Waals surface area contributed by atoms with Crippen LogP contribution in [0.4, 0.5) is 0 Å². The number of nitrogens with zero attached hydrogens (tertiary/aromatic N) is 1. The van der Waals surface area contributed by atoms with Crippen LogP contribution in [0.15, 0.2) is 16.4 Å². The van der Waals surface area contributed by atoms with Gasteiger partial charge in [0, 0.05) is 23.4 Å². The van der Waals surface area contributed by atoms with Gasteiger partial charge in [0.1, 0.15) is 0 Å². The van der Waals surface area contributed by atoms with Crippen molar-refractivity contribution < 1.29 is 4.89 Å². The highest BCUT2D eigenvalue weighted by molar-refractivity contribution is 7.99. The van der Waals surface area contributed by atoms with Crippen LogP contribution in [0.1, 0.15) is 17.4 Å². The molecule has 1 atom stereocenters. The summed E-state index contributed by atoms with van der Waals surface area (Å²) in [4.78, 5) is 13.5. The van der Waals surface area contributed by atoms with Gasteiger partial charge in [0.25, 0.3) is 0 Å². The number of rotatable bonds is 1. The molecule has 90 valence electrons. The Kier molecular flexibility index (Phi) is 6.57. The molecule has 0 bridgehead atoms. The number of alkyl halides is 1. The molecule has 1 aromatic heterocycles. The van der Waals surface area contributed by atoms with Crippen molar-refractivity contribution >= 4 is 58.0 Å². The van der Waals surface area contributed by atoms with Crippen molar-refractivity contribution in [2.75, 3.05) is 6.54 Å². The molecule has 0 aromatic carbocycles. The molecule has 1 aliphatic rings. The quantitative estimate of drug-likeness (QED) is 0.604. The van der Waals surface area contributed by atoms with Gasteiger partial charge in [0.2, 0.25) is 6.85 Å². The molecular weight excluding hydrogens is 308 g/mol. The first-order chi connectivity index (χ1) is 7.52. The fourth-order valence-corrected chi connectivity index (χ4v) is 2.53. The smallest absolute Gasteiger partial charge is 0.222 e. The number of thiophene rings is 1. The van der Waals surface area contributed by atoms with Crippen molar-refractivity contribution in [2.45, 2.75) is 18.7 Å². The van der Waals surface area contributed by atoms with E-state index in [1.807, 2.05) is 18.3 Å². The normalized spacial score (nSPS) is 16.0.